The molecular weight excluding hydrogens is 247 g/mol. The summed E-state index contributed by atoms with van der Waals surface area (Å²) in [7, 11) is -2.57. The van der Waals surface area contributed by atoms with E-state index < -0.39 is 28.3 Å². The second-order valence-electron chi connectivity index (χ2n) is 3.64. The molecule has 0 aliphatic carbocycles. The minimum Gasteiger partial charge on any atom is -0.369 e. The summed E-state index contributed by atoms with van der Waals surface area (Å²) in [6.45, 7) is 1.04. The van der Waals surface area contributed by atoms with Gasteiger partial charge in [0.1, 0.15) is 5.82 Å². The number of amides is 1. The molecule has 94 valence electrons. The highest BCUT2D eigenvalue weighted by atomic mass is 32.2. The molecule has 0 aliphatic heterocycles. The van der Waals surface area contributed by atoms with E-state index in [2.05, 4.69) is 0 Å². The lowest BCUT2D eigenvalue weighted by Gasteiger charge is -2.15. The molecule has 1 rings (SSSR count). The molecule has 0 atom stereocenters. The van der Waals surface area contributed by atoms with E-state index in [1.54, 1.807) is 0 Å². The Hall–Kier alpha value is -1.47. The number of primary amides is 1. The van der Waals surface area contributed by atoms with E-state index in [1.165, 1.54) is 20.0 Å². The Balaban J connectivity index is 3.13. The highest BCUT2D eigenvalue weighted by Gasteiger charge is 2.22. The van der Waals surface area contributed by atoms with Gasteiger partial charge in [0, 0.05) is 7.05 Å². The molecule has 0 saturated heterocycles. The number of likely N-dealkylation sites (N-methyl/N-ethyl adjacent to an activating group) is 1. The SMILES string of the molecule is Cc1cc(S(=O)(=O)N(C)CC(N)=O)ccc1F. The van der Waals surface area contributed by atoms with Crippen LogP contribution in [0.2, 0.25) is 0 Å². The maximum atomic E-state index is 13.0. The fourth-order valence-corrected chi connectivity index (χ4v) is 2.48. The summed E-state index contributed by atoms with van der Waals surface area (Å²) in [5, 5.41) is 0. The van der Waals surface area contributed by atoms with Gasteiger partial charge in [-0.3, -0.25) is 4.79 Å². The van der Waals surface area contributed by atoms with Gasteiger partial charge < -0.3 is 5.73 Å². The highest BCUT2D eigenvalue weighted by Crippen LogP contribution is 2.17. The van der Waals surface area contributed by atoms with Gasteiger partial charge in [0.15, 0.2) is 0 Å². The first kappa shape index (κ1) is 13.6. The first-order valence-corrected chi connectivity index (χ1v) is 6.20. The molecule has 0 aliphatic rings. The zero-order chi connectivity index (χ0) is 13.2. The number of rotatable bonds is 4. The van der Waals surface area contributed by atoms with Crippen LogP contribution < -0.4 is 5.73 Å². The zero-order valence-electron chi connectivity index (χ0n) is 9.47. The maximum absolute atomic E-state index is 13.0. The second-order valence-corrected chi connectivity index (χ2v) is 5.68. The van der Waals surface area contributed by atoms with Crippen molar-refractivity contribution >= 4 is 15.9 Å². The molecule has 17 heavy (non-hydrogen) atoms. The van der Waals surface area contributed by atoms with E-state index in [4.69, 9.17) is 5.73 Å². The Bertz CT molecular complexity index is 542. The predicted molar refractivity (Wildman–Crippen MR) is 60.1 cm³/mol. The van der Waals surface area contributed by atoms with Crippen LogP contribution >= 0.6 is 0 Å². The van der Waals surface area contributed by atoms with Crippen LogP contribution in [0.5, 0.6) is 0 Å². The van der Waals surface area contributed by atoms with Crippen molar-refractivity contribution in [3.63, 3.8) is 0 Å². The van der Waals surface area contributed by atoms with Gasteiger partial charge in [-0.25, -0.2) is 12.8 Å². The summed E-state index contributed by atoms with van der Waals surface area (Å²) in [4.78, 5) is 10.6. The third-order valence-electron chi connectivity index (χ3n) is 2.22. The highest BCUT2D eigenvalue weighted by molar-refractivity contribution is 7.89. The number of benzene rings is 1. The Labute approximate surface area is 99.1 Å². The molecule has 0 saturated carbocycles. The van der Waals surface area contributed by atoms with Crippen LogP contribution in [0, 0.1) is 12.7 Å². The van der Waals surface area contributed by atoms with Crippen molar-refractivity contribution < 1.29 is 17.6 Å². The van der Waals surface area contributed by atoms with Crippen molar-refractivity contribution in [2.75, 3.05) is 13.6 Å². The number of aryl methyl sites for hydroxylation is 1. The van der Waals surface area contributed by atoms with E-state index in [0.29, 0.717) is 0 Å². The quantitative estimate of drug-likeness (QED) is 0.842. The molecule has 0 unspecified atom stereocenters. The van der Waals surface area contributed by atoms with Crippen molar-refractivity contribution in [1.82, 2.24) is 4.31 Å². The van der Waals surface area contributed by atoms with E-state index in [1.807, 2.05) is 0 Å². The lowest BCUT2D eigenvalue weighted by Crippen LogP contribution is -2.35. The van der Waals surface area contributed by atoms with Gasteiger partial charge in [-0.05, 0) is 30.7 Å². The summed E-state index contributed by atoms with van der Waals surface area (Å²) >= 11 is 0. The first-order chi connectivity index (χ1) is 7.75. The van der Waals surface area contributed by atoms with Crippen molar-refractivity contribution in [1.29, 1.82) is 0 Å². The Morgan fingerprint density at radius 1 is 1.47 bits per heavy atom. The molecule has 0 heterocycles. The van der Waals surface area contributed by atoms with Gasteiger partial charge in [-0.15, -0.1) is 0 Å². The normalized spacial score (nSPS) is 11.8. The van der Waals surface area contributed by atoms with E-state index in [0.717, 1.165) is 16.4 Å². The van der Waals surface area contributed by atoms with Crippen molar-refractivity contribution in [3.8, 4) is 0 Å². The predicted octanol–water partition coefficient (Wildman–Crippen LogP) is 0.240. The fraction of sp³-hybridized carbons (Fsp3) is 0.300. The standard InChI is InChI=1S/C10H13FN2O3S/c1-7-5-8(3-4-9(7)11)17(15,16)13(2)6-10(12)14/h3-5H,6H2,1-2H3,(H2,12,14). The first-order valence-electron chi connectivity index (χ1n) is 4.76. The lowest BCUT2D eigenvalue weighted by molar-refractivity contribution is -0.118. The summed E-state index contributed by atoms with van der Waals surface area (Å²) in [5.74, 6) is -1.24. The number of hydrogen-bond donors (Lipinski definition) is 1. The number of sulfonamides is 1. The second kappa shape index (κ2) is 4.80. The average molecular weight is 260 g/mol. The Morgan fingerprint density at radius 2 is 2.06 bits per heavy atom. The minimum absolute atomic E-state index is 0.0693. The molecule has 1 aromatic carbocycles. The van der Waals surface area contributed by atoms with E-state index in [9.17, 15) is 17.6 Å². The van der Waals surface area contributed by atoms with Gasteiger partial charge in [0.05, 0.1) is 11.4 Å². The van der Waals surface area contributed by atoms with Gasteiger partial charge in [0.2, 0.25) is 15.9 Å². The van der Waals surface area contributed by atoms with Crippen LogP contribution in [0.25, 0.3) is 0 Å². The van der Waals surface area contributed by atoms with E-state index in [-0.39, 0.29) is 10.5 Å². The van der Waals surface area contributed by atoms with Crippen molar-refractivity contribution in [2.45, 2.75) is 11.8 Å². The number of carbonyl (C=O) groups excluding carboxylic acids is 1. The Morgan fingerprint density at radius 3 is 2.53 bits per heavy atom. The summed E-state index contributed by atoms with van der Waals surface area (Å²) in [6.07, 6.45) is 0. The van der Waals surface area contributed by atoms with Gasteiger partial charge >= 0.3 is 0 Å². The van der Waals surface area contributed by atoms with Gasteiger partial charge in [-0.2, -0.15) is 4.31 Å². The third kappa shape index (κ3) is 3.01. The molecule has 0 aromatic heterocycles. The molecule has 1 aromatic rings. The smallest absolute Gasteiger partial charge is 0.243 e. The van der Waals surface area contributed by atoms with Crippen LogP contribution in [0.15, 0.2) is 23.1 Å². The number of carbonyl (C=O) groups is 1. The van der Waals surface area contributed by atoms with Crippen molar-refractivity contribution in [3.05, 3.63) is 29.6 Å². The molecule has 0 radical (unpaired) electrons. The lowest BCUT2D eigenvalue weighted by atomic mass is 10.2. The summed E-state index contributed by atoms with van der Waals surface area (Å²) < 4.78 is 37.7. The van der Waals surface area contributed by atoms with Crippen LogP contribution in [-0.2, 0) is 14.8 Å². The van der Waals surface area contributed by atoms with Gasteiger partial charge in [0.25, 0.3) is 0 Å². The monoisotopic (exact) mass is 260 g/mol. The average Bonchev–Trinajstić information content (AvgIpc) is 2.20. The molecule has 2 N–H and O–H groups in total. The molecule has 5 nitrogen and oxygen atoms in total. The van der Waals surface area contributed by atoms with Crippen LogP contribution in [0.3, 0.4) is 0 Å². The maximum Gasteiger partial charge on any atom is 0.243 e. The number of hydrogen-bond acceptors (Lipinski definition) is 3. The summed E-state index contributed by atoms with van der Waals surface area (Å²) in [6, 6.07) is 3.43. The fourth-order valence-electron chi connectivity index (χ4n) is 1.26. The van der Waals surface area contributed by atoms with E-state index >= 15 is 0 Å². The Kier molecular flexibility index (Phi) is 3.84. The third-order valence-corrected chi connectivity index (χ3v) is 4.02. The molecule has 0 bridgehead atoms. The number of nitrogens with zero attached hydrogens (tertiary/aromatic N) is 1. The van der Waals surface area contributed by atoms with Crippen LogP contribution in [-0.4, -0.2) is 32.2 Å². The van der Waals surface area contributed by atoms with Crippen LogP contribution in [0.1, 0.15) is 5.56 Å². The van der Waals surface area contributed by atoms with Crippen molar-refractivity contribution in [2.24, 2.45) is 5.73 Å². The largest absolute Gasteiger partial charge is 0.369 e. The molecule has 0 spiro atoms. The molecule has 1 amide bonds. The zero-order valence-corrected chi connectivity index (χ0v) is 10.3. The molecule has 0 fully saturated rings. The molecular formula is C10H13FN2O3S. The number of nitrogens with two attached hydrogens (primary N) is 1. The molecule has 7 heteroatoms. The minimum atomic E-state index is -3.81. The van der Waals surface area contributed by atoms with Gasteiger partial charge in [-0.1, -0.05) is 0 Å². The number of halogens is 1. The van der Waals surface area contributed by atoms with Crippen LogP contribution in [0.4, 0.5) is 4.39 Å². The topological polar surface area (TPSA) is 80.5 Å². The summed E-state index contributed by atoms with van der Waals surface area (Å²) in [5.41, 5.74) is 5.14.